The van der Waals surface area contributed by atoms with E-state index >= 15 is 0 Å². The van der Waals surface area contributed by atoms with Crippen LogP contribution in [-0.4, -0.2) is 21.9 Å². The van der Waals surface area contributed by atoms with E-state index in [0.29, 0.717) is 5.69 Å². The third-order valence-corrected chi connectivity index (χ3v) is 1.57. The number of nitrogens with two attached hydrogens (primary N) is 1. The van der Waals surface area contributed by atoms with Crippen LogP contribution in [-0.2, 0) is 7.05 Å². The van der Waals surface area contributed by atoms with E-state index in [0.717, 1.165) is 5.69 Å². The zero-order valence-corrected chi connectivity index (χ0v) is 7.89. The predicted octanol–water partition coefficient (Wildman–Crippen LogP) is 0.292. The highest BCUT2D eigenvalue weighted by atomic mass is 35.5. The van der Waals surface area contributed by atoms with E-state index in [1.807, 2.05) is 0 Å². The summed E-state index contributed by atoms with van der Waals surface area (Å²) < 4.78 is 1.69. The summed E-state index contributed by atoms with van der Waals surface area (Å²) in [5, 5.41) is 0. The number of carbonyl (C=O) groups is 1. The van der Waals surface area contributed by atoms with Crippen LogP contribution in [0.25, 0.3) is 0 Å². The van der Waals surface area contributed by atoms with E-state index in [9.17, 15) is 4.79 Å². The highest BCUT2D eigenvalue weighted by molar-refractivity contribution is 5.96. The first-order chi connectivity index (χ1) is 5.16. The number of hydrogen-bond acceptors (Lipinski definition) is 3. The minimum Gasteiger partial charge on any atom is -0.331 e. The van der Waals surface area contributed by atoms with Crippen molar-refractivity contribution in [2.45, 2.75) is 6.92 Å². The van der Waals surface area contributed by atoms with Crippen molar-refractivity contribution in [2.24, 2.45) is 12.8 Å². The van der Waals surface area contributed by atoms with Crippen LogP contribution in [0, 0.1) is 6.92 Å². The van der Waals surface area contributed by atoms with Crippen molar-refractivity contribution >= 4 is 18.2 Å². The smallest absolute Gasteiger partial charge is 0.194 e. The Kier molecular flexibility index (Phi) is 3.92. The molecule has 4 nitrogen and oxygen atoms in total. The van der Waals surface area contributed by atoms with E-state index in [1.54, 1.807) is 24.9 Å². The van der Waals surface area contributed by atoms with E-state index in [1.165, 1.54) is 0 Å². The van der Waals surface area contributed by atoms with Gasteiger partial charge < -0.3 is 10.3 Å². The molecule has 0 aliphatic rings. The number of ketones is 1. The first-order valence-electron chi connectivity index (χ1n) is 3.38. The number of carbonyl (C=O) groups excluding carboxylic acids is 1. The minimum absolute atomic E-state index is 0. The Balaban J connectivity index is 0.00000121. The molecule has 0 unspecified atom stereocenters. The molecule has 2 N–H and O–H groups in total. The lowest BCUT2D eigenvalue weighted by Crippen LogP contribution is -2.17. The molecule has 0 radical (unpaired) electrons. The van der Waals surface area contributed by atoms with E-state index in [2.05, 4.69) is 4.98 Å². The molecule has 0 aliphatic heterocycles. The molecule has 1 rings (SSSR count). The summed E-state index contributed by atoms with van der Waals surface area (Å²) in [6.07, 6.45) is 1.61. The van der Waals surface area contributed by atoms with Crippen molar-refractivity contribution < 1.29 is 4.79 Å². The molecule has 1 aromatic heterocycles. The highest BCUT2D eigenvalue weighted by Gasteiger charge is 2.11. The Morgan fingerprint density at radius 3 is 2.67 bits per heavy atom. The van der Waals surface area contributed by atoms with Gasteiger partial charge in [-0.3, -0.25) is 4.79 Å². The van der Waals surface area contributed by atoms with Gasteiger partial charge in [-0.15, -0.1) is 12.4 Å². The SMILES string of the molecule is Cc1ncn(C)c1C(=O)CN.Cl. The monoisotopic (exact) mass is 189 g/mol. The number of halogens is 1. The number of imidazole rings is 1. The molecule has 12 heavy (non-hydrogen) atoms. The maximum atomic E-state index is 11.1. The van der Waals surface area contributed by atoms with Crippen molar-refractivity contribution in [1.82, 2.24) is 9.55 Å². The van der Waals surface area contributed by atoms with Crippen LogP contribution >= 0.6 is 12.4 Å². The van der Waals surface area contributed by atoms with Gasteiger partial charge in [0.25, 0.3) is 0 Å². The second kappa shape index (κ2) is 4.23. The second-order valence-electron chi connectivity index (χ2n) is 2.42. The predicted molar refractivity (Wildman–Crippen MR) is 48.6 cm³/mol. The van der Waals surface area contributed by atoms with Gasteiger partial charge in [0.2, 0.25) is 0 Å². The molecule has 0 fully saturated rings. The summed E-state index contributed by atoms with van der Waals surface area (Å²) >= 11 is 0. The molecule has 5 heteroatoms. The lowest BCUT2D eigenvalue weighted by Gasteiger charge is -1.98. The molecular formula is C7H12ClN3O. The number of rotatable bonds is 2. The zero-order valence-electron chi connectivity index (χ0n) is 7.07. The Morgan fingerprint density at radius 1 is 1.75 bits per heavy atom. The van der Waals surface area contributed by atoms with Gasteiger partial charge in [0.15, 0.2) is 5.78 Å². The average Bonchev–Trinajstić information content (AvgIpc) is 2.30. The summed E-state index contributed by atoms with van der Waals surface area (Å²) in [6.45, 7) is 1.84. The number of aryl methyl sites for hydroxylation is 2. The van der Waals surface area contributed by atoms with Gasteiger partial charge in [-0.05, 0) is 6.92 Å². The second-order valence-corrected chi connectivity index (χ2v) is 2.42. The fraction of sp³-hybridized carbons (Fsp3) is 0.429. The van der Waals surface area contributed by atoms with Crippen LogP contribution in [0.1, 0.15) is 16.2 Å². The molecule has 0 spiro atoms. The third-order valence-electron chi connectivity index (χ3n) is 1.57. The van der Waals surface area contributed by atoms with Crippen LogP contribution in [0.2, 0.25) is 0 Å². The minimum atomic E-state index is -0.0671. The Morgan fingerprint density at radius 2 is 2.33 bits per heavy atom. The quantitative estimate of drug-likeness (QED) is 0.681. The lowest BCUT2D eigenvalue weighted by molar-refractivity contribution is 0.0993. The first-order valence-corrected chi connectivity index (χ1v) is 3.38. The molecule has 0 atom stereocenters. The maximum absolute atomic E-state index is 11.1. The standard InChI is InChI=1S/C7H11N3O.ClH/c1-5-7(6(11)3-8)10(2)4-9-5;/h4H,3,8H2,1-2H3;1H. The number of Topliss-reactive ketones (excluding diaryl/α,β-unsaturated/α-hetero) is 1. The van der Waals surface area contributed by atoms with Gasteiger partial charge in [-0.1, -0.05) is 0 Å². The van der Waals surface area contributed by atoms with Crippen LogP contribution in [0.3, 0.4) is 0 Å². The molecule has 0 aliphatic carbocycles. The Hall–Kier alpha value is -0.870. The molecule has 1 heterocycles. The summed E-state index contributed by atoms with van der Waals surface area (Å²) in [5.41, 5.74) is 6.55. The van der Waals surface area contributed by atoms with Gasteiger partial charge in [0, 0.05) is 7.05 Å². The van der Waals surface area contributed by atoms with Crippen LogP contribution < -0.4 is 5.73 Å². The maximum Gasteiger partial charge on any atom is 0.194 e. The average molecular weight is 190 g/mol. The molecule has 1 aromatic rings. The van der Waals surface area contributed by atoms with Crippen molar-refractivity contribution in [2.75, 3.05) is 6.54 Å². The molecule has 0 aromatic carbocycles. The highest BCUT2D eigenvalue weighted by Crippen LogP contribution is 2.03. The summed E-state index contributed by atoms with van der Waals surface area (Å²) in [6, 6.07) is 0. The van der Waals surface area contributed by atoms with E-state index in [-0.39, 0.29) is 24.7 Å². The summed E-state index contributed by atoms with van der Waals surface area (Å²) in [5.74, 6) is -0.0671. The number of hydrogen-bond donors (Lipinski definition) is 1. The van der Waals surface area contributed by atoms with E-state index in [4.69, 9.17) is 5.73 Å². The molecule has 0 saturated heterocycles. The van der Waals surface area contributed by atoms with Gasteiger partial charge in [-0.2, -0.15) is 0 Å². The Labute approximate surface area is 77.2 Å². The molecule has 68 valence electrons. The molecule has 0 bridgehead atoms. The largest absolute Gasteiger partial charge is 0.331 e. The normalized spacial score (nSPS) is 9.25. The number of aromatic nitrogens is 2. The molecular weight excluding hydrogens is 178 g/mol. The van der Waals surface area contributed by atoms with Gasteiger partial charge in [-0.25, -0.2) is 4.98 Å². The van der Waals surface area contributed by atoms with Gasteiger partial charge in [0.1, 0.15) is 5.69 Å². The molecule has 0 amide bonds. The fourth-order valence-electron chi connectivity index (χ4n) is 1.04. The van der Waals surface area contributed by atoms with E-state index < -0.39 is 0 Å². The lowest BCUT2D eigenvalue weighted by atomic mass is 10.2. The fourth-order valence-corrected chi connectivity index (χ4v) is 1.04. The van der Waals surface area contributed by atoms with Crippen molar-refractivity contribution in [3.63, 3.8) is 0 Å². The van der Waals surface area contributed by atoms with Crippen LogP contribution in [0.4, 0.5) is 0 Å². The summed E-state index contributed by atoms with van der Waals surface area (Å²) in [4.78, 5) is 15.1. The van der Waals surface area contributed by atoms with Crippen molar-refractivity contribution in [1.29, 1.82) is 0 Å². The van der Waals surface area contributed by atoms with Crippen molar-refractivity contribution in [3.8, 4) is 0 Å². The number of nitrogens with zero attached hydrogens (tertiary/aromatic N) is 2. The first kappa shape index (κ1) is 11.1. The zero-order chi connectivity index (χ0) is 8.43. The Bertz CT molecular complexity index is 263. The van der Waals surface area contributed by atoms with Crippen LogP contribution in [0.15, 0.2) is 6.33 Å². The summed E-state index contributed by atoms with van der Waals surface area (Å²) in [7, 11) is 1.78. The third kappa shape index (κ3) is 1.84. The van der Waals surface area contributed by atoms with Crippen LogP contribution in [0.5, 0.6) is 0 Å². The molecule has 0 saturated carbocycles. The van der Waals surface area contributed by atoms with Gasteiger partial charge in [0.05, 0.1) is 18.6 Å². The van der Waals surface area contributed by atoms with Gasteiger partial charge >= 0.3 is 0 Å². The topological polar surface area (TPSA) is 60.9 Å². The van der Waals surface area contributed by atoms with Crippen molar-refractivity contribution in [3.05, 3.63) is 17.7 Å².